The first-order valence-electron chi connectivity index (χ1n) is 12.8. The number of nitrogens with zero attached hydrogens (tertiary/aromatic N) is 1. The second-order valence-electron chi connectivity index (χ2n) is 9.70. The minimum absolute atomic E-state index is 0.126. The zero-order chi connectivity index (χ0) is 24.3. The molecule has 0 bridgehead atoms. The lowest BCUT2D eigenvalue weighted by molar-refractivity contribution is -0.141. The fraction of sp³-hybridized carbons (Fsp3) is 0.500. The summed E-state index contributed by atoms with van der Waals surface area (Å²) in [5, 5.41) is 9.00. The Hall–Kier alpha value is -2.93. The van der Waals surface area contributed by atoms with Gasteiger partial charge in [-0.05, 0) is 55.4 Å². The molecule has 0 aliphatic carbocycles. The standard InChI is InChI=1S/C30H37NO3/c1-3-7-23(8-5-4-6-9-24-12-10-22(2)11-13-24)16-19-28(32)27-20-29(33)34-30(27)26-17-14-25(21-31)15-18-26/h10-15,17-18,23,27,30H,3-9,16,19-20H2,1-2H3/t23?,27-,30-/m1/s1. The number of rotatable bonds is 13. The van der Waals surface area contributed by atoms with Crippen LogP contribution in [-0.2, 0) is 20.7 Å². The van der Waals surface area contributed by atoms with Crippen LogP contribution in [0.2, 0.25) is 0 Å². The van der Waals surface area contributed by atoms with E-state index in [4.69, 9.17) is 10.00 Å². The summed E-state index contributed by atoms with van der Waals surface area (Å²) in [5.74, 6) is -0.0518. The number of Topliss-reactive ketones (excluding diaryl/α,β-unsaturated/α-hetero) is 1. The number of esters is 1. The number of benzene rings is 2. The summed E-state index contributed by atoms with van der Waals surface area (Å²) in [7, 11) is 0. The van der Waals surface area contributed by atoms with Gasteiger partial charge in [-0.3, -0.25) is 9.59 Å². The molecule has 4 nitrogen and oxygen atoms in total. The highest BCUT2D eigenvalue weighted by atomic mass is 16.6. The van der Waals surface area contributed by atoms with Gasteiger partial charge in [0.2, 0.25) is 0 Å². The van der Waals surface area contributed by atoms with Crippen LogP contribution in [0.1, 0.15) is 93.1 Å². The number of cyclic esters (lactones) is 1. The topological polar surface area (TPSA) is 67.2 Å². The Morgan fingerprint density at radius 3 is 2.44 bits per heavy atom. The number of carbonyl (C=O) groups is 2. The molecule has 2 aromatic carbocycles. The molecule has 0 aromatic heterocycles. The summed E-state index contributed by atoms with van der Waals surface area (Å²) in [4.78, 5) is 25.1. The first-order valence-corrected chi connectivity index (χ1v) is 12.8. The van der Waals surface area contributed by atoms with E-state index in [0.717, 1.165) is 37.7 Å². The van der Waals surface area contributed by atoms with Gasteiger partial charge in [0.25, 0.3) is 0 Å². The van der Waals surface area contributed by atoms with Crippen molar-refractivity contribution in [3.8, 4) is 6.07 Å². The van der Waals surface area contributed by atoms with Gasteiger partial charge in [0.05, 0.1) is 24.0 Å². The summed E-state index contributed by atoms with van der Waals surface area (Å²) in [5.41, 5.74) is 4.06. The van der Waals surface area contributed by atoms with Crippen molar-refractivity contribution in [2.45, 2.75) is 84.2 Å². The number of unbranched alkanes of at least 4 members (excludes halogenated alkanes) is 2. The molecule has 3 atom stereocenters. The van der Waals surface area contributed by atoms with Gasteiger partial charge < -0.3 is 4.74 Å². The third kappa shape index (κ3) is 7.55. The molecular formula is C30H37NO3. The third-order valence-electron chi connectivity index (χ3n) is 6.99. The van der Waals surface area contributed by atoms with Gasteiger partial charge in [0.1, 0.15) is 11.9 Å². The lowest BCUT2D eigenvalue weighted by Crippen LogP contribution is -2.19. The second-order valence-corrected chi connectivity index (χ2v) is 9.70. The molecule has 0 radical (unpaired) electrons. The summed E-state index contributed by atoms with van der Waals surface area (Å²) in [6.45, 7) is 4.32. The van der Waals surface area contributed by atoms with Gasteiger partial charge in [0.15, 0.2) is 0 Å². The number of nitriles is 1. The maximum atomic E-state index is 13.1. The van der Waals surface area contributed by atoms with E-state index in [9.17, 15) is 9.59 Å². The van der Waals surface area contributed by atoms with Crippen molar-refractivity contribution < 1.29 is 14.3 Å². The fourth-order valence-electron chi connectivity index (χ4n) is 4.96. The summed E-state index contributed by atoms with van der Waals surface area (Å²) < 4.78 is 5.50. The quantitative estimate of drug-likeness (QED) is 0.238. The lowest BCUT2D eigenvalue weighted by Gasteiger charge is -2.19. The number of hydrogen-bond donors (Lipinski definition) is 0. The van der Waals surface area contributed by atoms with E-state index in [2.05, 4.69) is 44.2 Å². The number of ether oxygens (including phenoxy) is 1. The highest BCUT2D eigenvalue weighted by Gasteiger charge is 2.40. The maximum Gasteiger partial charge on any atom is 0.307 e. The number of aryl methyl sites for hydroxylation is 2. The number of hydrogen-bond acceptors (Lipinski definition) is 4. The van der Waals surface area contributed by atoms with Crippen molar-refractivity contribution in [3.05, 3.63) is 70.8 Å². The first kappa shape index (κ1) is 25.7. The molecule has 0 amide bonds. The Morgan fingerprint density at radius 1 is 1.03 bits per heavy atom. The van der Waals surface area contributed by atoms with Gasteiger partial charge >= 0.3 is 5.97 Å². The molecule has 180 valence electrons. The van der Waals surface area contributed by atoms with Gasteiger partial charge in [-0.1, -0.05) is 81.0 Å². The van der Waals surface area contributed by atoms with E-state index >= 15 is 0 Å². The molecule has 1 unspecified atom stereocenters. The molecule has 34 heavy (non-hydrogen) atoms. The van der Waals surface area contributed by atoms with Crippen LogP contribution in [0.25, 0.3) is 0 Å². The molecule has 1 aliphatic rings. The molecule has 1 heterocycles. The predicted octanol–water partition coefficient (Wildman–Crippen LogP) is 7.04. The van der Waals surface area contributed by atoms with Crippen LogP contribution < -0.4 is 0 Å². The Kier molecular flexibility index (Phi) is 9.89. The van der Waals surface area contributed by atoms with Crippen LogP contribution in [0.15, 0.2) is 48.5 Å². The smallest absolute Gasteiger partial charge is 0.307 e. The Labute approximate surface area is 204 Å². The number of carbonyl (C=O) groups excluding carboxylic acids is 2. The first-order chi connectivity index (χ1) is 16.5. The zero-order valence-corrected chi connectivity index (χ0v) is 20.6. The van der Waals surface area contributed by atoms with Gasteiger partial charge in [-0.2, -0.15) is 5.26 Å². The minimum atomic E-state index is -0.529. The molecule has 0 N–H and O–H groups in total. The maximum absolute atomic E-state index is 13.1. The fourth-order valence-corrected chi connectivity index (χ4v) is 4.96. The van der Waals surface area contributed by atoms with Gasteiger partial charge in [0, 0.05) is 6.42 Å². The van der Waals surface area contributed by atoms with Crippen LogP contribution in [-0.4, -0.2) is 11.8 Å². The van der Waals surface area contributed by atoms with Crippen molar-refractivity contribution in [1.82, 2.24) is 0 Å². The van der Waals surface area contributed by atoms with Crippen LogP contribution >= 0.6 is 0 Å². The SMILES string of the molecule is CCCC(CCCCCc1ccc(C)cc1)CCC(=O)[C@H]1CC(=O)O[C@@H]1c1ccc(C#N)cc1. The molecule has 2 aromatic rings. The third-order valence-corrected chi connectivity index (χ3v) is 6.99. The zero-order valence-electron chi connectivity index (χ0n) is 20.6. The van der Waals surface area contributed by atoms with E-state index in [1.807, 2.05) is 0 Å². The monoisotopic (exact) mass is 459 g/mol. The summed E-state index contributed by atoms with van der Waals surface area (Å²) in [6.07, 6.45) is 9.19. The molecule has 4 heteroatoms. The predicted molar refractivity (Wildman–Crippen MR) is 134 cm³/mol. The Morgan fingerprint density at radius 2 is 1.76 bits per heavy atom. The van der Waals surface area contributed by atoms with Crippen molar-refractivity contribution in [2.75, 3.05) is 0 Å². The van der Waals surface area contributed by atoms with Crippen LogP contribution in [0.4, 0.5) is 0 Å². The van der Waals surface area contributed by atoms with Crippen molar-refractivity contribution in [2.24, 2.45) is 11.8 Å². The van der Waals surface area contributed by atoms with Crippen molar-refractivity contribution in [3.63, 3.8) is 0 Å². The minimum Gasteiger partial charge on any atom is -0.457 e. The summed E-state index contributed by atoms with van der Waals surface area (Å²) in [6, 6.07) is 17.9. The van der Waals surface area contributed by atoms with Gasteiger partial charge in [-0.15, -0.1) is 0 Å². The molecule has 3 rings (SSSR count). The Balaban J connectivity index is 1.45. The average Bonchev–Trinajstić information content (AvgIpc) is 3.25. The van der Waals surface area contributed by atoms with E-state index in [1.54, 1.807) is 24.3 Å². The van der Waals surface area contributed by atoms with Crippen LogP contribution in [0.3, 0.4) is 0 Å². The number of ketones is 1. The van der Waals surface area contributed by atoms with Crippen molar-refractivity contribution >= 4 is 11.8 Å². The average molecular weight is 460 g/mol. The molecule has 1 fully saturated rings. The molecular weight excluding hydrogens is 422 g/mol. The molecule has 0 saturated carbocycles. The van der Waals surface area contributed by atoms with Gasteiger partial charge in [-0.25, -0.2) is 0 Å². The molecule has 0 spiro atoms. The highest BCUT2D eigenvalue weighted by Crippen LogP contribution is 2.37. The highest BCUT2D eigenvalue weighted by molar-refractivity contribution is 5.88. The second kappa shape index (κ2) is 13.1. The van der Waals surface area contributed by atoms with E-state index in [-0.39, 0.29) is 18.2 Å². The van der Waals surface area contributed by atoms with E-state index < -0.39 is 12.0 Å². The Bertz CT molecular complexity index is 972. The van der Waals surface area contributed by atoms with Crippen LogP contribution in [0, 0.1) is 30.1 Å². The van der Waals surface area contributed by atoms with E-state index in [1.165, 1.54) is 30.4 Å². The lowest BCUT2D eigenvalue weighted by atomic mass is 9.85. The molecule has 1 aliphatic heterocycles. The van der Waals surface area contributed by atoms with Crippen LogP contribution in [0.5, 0.6) is 0 Å². The summed E-state index contributed by atoms with van der Waals surface area (Å²) >= 11 is 0. The van der Waals surface area contributed by atoms with E-state index in [0.29, 0.717) is 17.9 Å². The largest absolute Gasteiger partial charge is 0.457 e. The van der Waals surface area contributed by atoms with Crippen molar-refractivity contribution in [1.29, 1.82) is 5.26 Å². The molecule has 1 saturated heterocycles. The normalized spacial score (nSPS) is 18.3.